The lowest BCUT2D eigenvalue weighted by atomic mass is 10.2. The summed E-state index contributed by atoms with van der Waals surface area (Å²) in [5, 5.41) is 6.24. The number of benzene rings is 1. The van der Waals surface area contributed by atoms with Gasteiger partial charge >= 0.3 is 0 Å². The van der Waals surface area contributed by atoms with Crippen molar-refractivity contribution in [3.63, 3.8) is 0 Å². The Kier molecular flexibility index (Phi) is 7.43. The average molecular weight is 381 g/mol. The van der Waals surface area contributed by atoms with Gasteiger partial charge in [0.1, 0.15) is 29.3 Å². The Hall–Kier alpha value is -2.58. The summed E-state index contributed by atoms with van der Waals surface area (Å²) >= 11 is 6.07. The Morgan fingerprint density at radius 2 is 1.88 bits per heavy atom. The molecule has 0 saturated carbocycles. The molecule has 0 saturated heterocycles. The van der Waals surface area contributed by atoms with E-state index in [-0.39, 0.29) is 5.69 Å². The largest absolute Gasteiger partial charge is 0.495 e. The zero-order valence-corrected chi connectivity index (χ0v) is 15.6. The molecule has 140 valence electrons. The van der Waals surface area contributed by atoms with Crippen molar-refractivity contribution in [1.82, 2.24) is 9.97 Å². The average Bonchev–Trinajstić information content (AvgIpc) is 2.66. The molecule has 0 radical (unpaired) electrons. The monoisotopic (exact) mass is 380 g/mol. The number of hydrogen-bond donors (Lipinski definition) is 2. The number of carbonyl (C=O) groups excluding carboxylic acids is 1. The molecule has 2 aromatic rings. The lowest BCUT2D eigenvalue weighted by molar-refractivity contribution is 0.102. The highest BCUT2D eigenvalue weighted by Gasteiger charge is 2.15. The molecular weight excluding hydrogens is 360 g/mol. The third-order valence-electron chi connectivity index (χ3n) is 3.45. The van der Waals surface area contributed by atoms with Crippen LogP contribution in [0.5, 0.6) is 11.5 Å². The number of methoxy groups -OCH3 is 3. The van der Waals surface area contributed by atoms with E-state index < -0.39 is 5.91 Å². The molecule has 0 atom stereocenters. The van der Waals surface area contributed by atoms with Crippen LogP contribution in [0.4, 0.5) is 11.5 Å². The molecule has 0 spiro atoms. The fourth-order valence-corrected chi connectivity index (χ4v) is 2.39. The van der Waals surface area contributed by atoms with Gasteiger partial charge in [0.25, 0.3) is 5.91 Å². The Balaban J connectivity index is 2.12. The molecule has 8 nitrogen and oxygen atoms in total. The molecule has 0 aliphatic rings. The van der Waals surface area contributed by atoms with E-state index in [4.69, 9.17) is 25.8 Å². The molecule has 0 bridgehead atoms. The van der Waals surface area contributed by atoms with E-state index >= 15 is 0 Å². The number of halogens is 1. The fraction of sp³-hybridized carbons (Fsp3) is 0.353. The zero-order chi connectivity index (χ0) is 18.9. The second kappa shape index (κ2) is 9.79. The van der Waals surface area contributed by atoms with Crippen LogP contribution in [0.15, 0.2) is 24.5 Å². The summed E-state index contributed by atoms with van der Waals surface area (Å²) in [6.45, 7) is 1.32. The SMILES string of the molecule is COCCCNc1cc(C(=O)Nc2cc(OC)c(Cl)cc2OC)ncn1. The van der Waals surface area contributed by atoms with Crippen LogP contribution in [0, 0.1) is 0 Å². The van der Waals surface area contributed by atoms with Crippen LogP contribution in [-0.2, 0) is 4.74 Å². The van der Waals surface area contributed by atoms with Crippen molar-refractivity contribution in [2.75, 3.05) is 45.1 Å². The summed E-state index contributed by atoms with van der Waals surface area (Å²) in [7, 11) is 4.62. The molecular formula is C17H21ClN4O4. The maximum absolute atomic E-state index is 12.5. The molecule has 2 rings (SSSR count). The molecule has 1 heterocycles. The summed E-state index contributed by atoms with van der Waals surface area (Å²) in [6, 6.07) is 4.73. The maximum Gasteiger partial charge on any atom is 0.274 e. The van der Waals surface area contributed by atoms with Gasteiger partial charge in [-0.15, -0.1) is 0 Å². The van der Waals surface area contributed by atoms with Gasteiger partial charge in [-0.3, -0.25) is 4.79 Å². The Morgan fingerprint density at radius 1 is 1.12 bits per heavy atom. The zero-order valence-electron chi connectivity index (χ0n) is 14.8. The highest BCUT2D eigenvalue weighted by atomic mass is 35.5. The van der Waals surface area contributed by atoms with Crippen LogP contribution in [0.2, 0.25) is 5.02 Å². The number of nitrogens with zero attached hydrogens (tertiary/aromatic N) is 2. The van der Waals surface area contributed by atoms with Crippen molar-refractivity contribution in [1.29, 1.82) is 0 Å². The highest BCUT2D eigenvalue weighted by molar-refractivity contribution is 6.32. The quantitative estimate of drug-likeness (QED) is 0.646. The van der Waals surface area contributed by atoms with Crippen molar-refractivity contribution in [3.05, 3.63) is 35.2 Å². The first-order chi connectivity index (χ1) is 12.6. The van der Waals surface area contributed by atoms with E-state index in [1.807, 2.05) is 0 Å². The highest BCUT2D eigenvalue weighted by Crippen LogP contribution is 2.36. The molecule has 1 aromatic heterocycles. The first kappa shape index (κ1) is 19.7. The predicted molar refractivity (Wildman–Crippen MR) is 99.5 cm³/mol. The Bertz CT molecular complexity index is 758. The summed E-state index contributed by atoms with van der Waals surface area (Å²) < 4.78 is 15.4. The third-order valence-corrected chi connectivity index (χ3v) is 3.75. The van der Waals surface area contributed by atoms with Crippen molar-refractivity contribution >= 4 is 29.0 Å². The summed E-state index contributed by atoms with van der Waals surface area (Å²) in [4.78, 5) is 20.6. The molecule has 0 fully saturated rings. The first-order valence-electron chi connectivity index (χ1n) is 7.86. The van der Waals surface area contributed by atoms with Crippen LogP contribution in [0.25, 0.3) is 0 Å². The van der Waals surface area contributed by atoms with E-state index in [0.717, 1.165) is 6.42 Å². The van der Waals surface area contributed by atoms with Crippen LogP contribution < -0.4 is 20.1 Å². The third kappa shape index (κ3) is 5.21. The number of nitrogens with one attached hydrogen (secondary N) is 2. The van der Waals surface area contributed by atoms with Gasteiger partial charge in [0.15, 0.2) is 0 Å². The van der Waals surface area contributed by atoms with E-state index in [0.29, 0.717) is 41.2 Å². The van der Waals surface area contributed by atoms with Gasteiger partial charge in [-0.2, -0.15) is 0 Å². The number of amides is 1. The summed E-state index contributed by atoms with van der Waals surface area (Å²) in [5.41, 5.74) is 0.636. The fourth-order valence-electron chi connectivity index (χ4n) is 2.16. The normalized spacial score (nSPS) is 10.3. The molecule has 0 unspecified atom stereocenters. The molecule has 2 N–H and O–H groups in total. The number of rotatable bonds is 9. The maximum atomic E-state index is 12.5. The number of aromatic nitrogens is 2. The molecule has 9 heteroatoms. The lowest BCUT2D eigenvalue weighted by Gasteiger charge is -2.13. The standard InChI is InChI=1S/C17H21ClN4O4/c1-24-6-4-5-19-16-9-13(20-10-21-16)17(23)22-12-8-14(25-2)11(18)7-15(12)26-3/h7-10H,4-6H2,1-3H3,(H,22,23)(H,19,20,21). The minimum Gasteiger partial charge on any atom is -0.495 e. The number of anilines is 2. The van der Waals surface area contributed by atoms with Crippen LogP contribution in [0.1, 0.15) is 16.9 Å². The number of ether oxygens (including phenoxy) is 3. The predicted octanol–water partition coefficient (Wildman–Crippen LogP) is 2.85. The van der Waals surface area contributed by atoms with Crippen molar-refractivity contribution < 1.29 is 19.0 Å². The number of carbonyl (C=O) groups is 1. The minimum absolute atomic E-state index is 0.213. The topological polar surface area (TPSA) is 94.6 Å². The van der Waals surface area contributed by atoms with Crippen LogP contribution >= 0.6 is 11.6 Å². The summed E-state index contributed by atoms with van der Waals surface area (Å²) in [6.07, 6.45) is 2.15. The van der Waals surface area contributed by atoms with E-state index in [1.54, 1.807) is 25.3 Å². The van der Waals surface area contributed by atoms with E-state index in [1.165, 1.54) is 20.5 Å². The molecule has 26 heavy (non-hydrogen) atoms. The molecule has 1 aromatic carbocycles. The van der Waals surface area contributed by atoms with Crippen molar-refractivity contribution in [2.24, 2.45) is 0 Å². The van der Waals surface area contributed by atoms with Gasteiger partial charge in [0.2, 0.25) is 0 Å². The minimum atomic E-state index is -0.407. The first-order valence-corrected chi connectivity index (χ1v) is 8.24. The number of hydrogen-bond acceptors (Lipinski definition) is 7. The Morgan fingerprint density at radius 3 is 2.58 bits per heavy atom. The van der Waals surface area contributed by atoms with Gasteiger partial charge in [-0.1, -0.05) is 11.6 Å². The smallest absolute Gasteiger partial charge is 0.274 e. The van der Waals surface area contributed by atoms with Crippen molar-refractivity contribution in [2.45, 2.75) is 6.42 Å². The molecule has 1 amide bonds. The van der Waals surface area contributed by atoms with E-state index in [9.17, 15) is 4.79 Å². The van der Waals surface area contributed by atoms with Crippen molar-refractivity contribution in [3.8, 4) is 11.5 Å². The Labute approximate surface area is 156 Å². The second-order valence-corrected chi connectivity index (χ2v) is 5.61. The van der Waals surface area contributed by atoms with Gasteiger partial charge in [0, 0.05) is 38.5 Å². The van der Waals surface area contributed by atoms with Gasteiger partial charge in [-0.05, 0) is 6.42 Å². The van der Waals surface area contributed by atoms with E-state index in [2.05, 4.69) is 20.6 Å². The summed E-state index contributed by atoms with van der Waals surface area (Å²) in [5.74, 6) is 0.985. The van der Waals surface area contributed by atoms with Gasteiger partial charge in [-0.25, -0.2) is 9.97 Å². The van der Waals surface area contributed by atoms with Gasteiger partial charge < -0.3 is 24.8 Å². The van der Waals surface area contributed by atoms with Crippen LogP contribution in [0.3, 0.4) is 0 Å². The molecule has 0 aliphatic carbocycles. The van der Waals surface area contributed by atoms with Gasteiger partial charge in [0.05, 0.1) is 24.9 Å². The lowest BCUT2D eigenvalue weighted by Crippen LogP contribution is -2.15. The van der Waals surface area contributed by atoms with Crippen LogP contribution in [-0.4, -0.2) is 50.4 Å². The second-order valence-electron chi connectivity index (χ2n) is 5.20. The molecule has 0 aliphatic heterocycles.